The zero-order valence-electron chi connectivity index (χ0n) is 7.27. The number of carboxylic acid groups (broad SMARTS) is 2. The molecule has 2 rings (SSSR count). The first kappa shape index (κ1) is 9.38. The van der Waals surface area contributed by atoms with E-state index in [4.69, 9.17) is 9.47 Å². The second kappa shape index (κ2) is 3.19. The molecule has 0 N–H and O–H groups in total. The standard InChI is InChI=1S/C8H6O7/c9-7(10)5-3-4(14-2-1-13-3)6(15-5)8(11)12/h1-2H2,(H,9,10)(H,11,12)/p-2. The van der Waals surface area contributed by atoms with Crippen LogP contribution in [-0.2, 0) is 0 Å². The number of rotatable bonds is 2. The predicted octanol–water partition coefficient (Wildman–Crippen LogP) is -2.22. The van der Waals surface area contributed by atoms with Gasteiger partial charge in [-0.25, -0.2) is 0 Å². The third kappa shape index (κ3) is 1.37. The molecule has 7 heteroatoms. The highest BCUT2D eigenvalue weighted by molar-refractivity contribution is 5.94. The fraction of sp³-hybridized carbons (Fsp3) is 0.250. The van der Waals surface area contributed by atoms with Gasteiger partial charge in [-0.15, -0.1) is 0 Å². The van der Waals surface area contributed by atoms with E-state index in [1.165, 1.54) is 0 Å². The number of fused-ring (bicyclic) bond motifs is 1. The zero-order chi connectivity index (χ0) is 11.0. The monoisotopic (exact) mass is 212 g/mol. The molecule has 1 aromatic rings. The molecule has 2 heterocycles. The van der Waals surface area contributed by atoms with E-state index in [2.05, 4.69) is 4.42 Å². The first-order chi connectivity index (χ1) is 7.11. The van der Waals surface area contributed by atoms with Crippen LogP contribution in [0.1, 0.15) is 21.1 Å². The smallest absolute Gasteiger partial charge is 0.210 e. The van der Waals surface area contributed by atoms with E-state index < -0.39 is 23.5 Å². The Kier molecular flexibility index (Phi) is 2.00. The van der Waals surface area contributed by atoms with Crippen molar-refractivity contribution in [1.29, 1.82) is 0 Å². The molecule has 1 aliphatic rings. The Morgan fingerprint density at radius 3 is 1.67 bits per heavy atom. The number of hydrogen-bond donors (Lipinski definition) is 0. The van der Waals surface area contributed by atoms with Gasteiger partial charge in [0.15, 0.2) is 11.5 Å². The molecule has 0 atom stereocenters. The number of carbonyl (C=O) groups is 2. The molecule has 1 aromatic heterocycles. The Morgan fingerprint density at radius 1 is 0.933 bits per heavy atom. The molecule has 15 heavy (non-hydrogen) atoms. The van der Waals surface area contributed by atoms with Crippen LogP contribution >= 0.6 is 0 Å². The Bertz CT molecular complexity index is 392. The minimum Gasteiger partial charge on any atom is -0.541 e. The van der Waals surface area contributed by atoms with Gasteiger partial charge in [-0.3, -0.25) is 0 Å². The summed E-state index contributed by atoms with van der Waals surface area (Å²) in [5, 5.41) is 21.1. The van der Waals surface area contributed by atoms with Crippen molar-refractivity contribution in [2.75, 3.05) is 13.2 Å². The molecule has 0 aromatic carbocycles. The summed E-state index contributed by atoms with van der Waals surface area (Å²) in [5.74, 6) is -5.29. The Balaban J connectivity index is 2.59. The first-order valence-electron chi connectivity index (χ1n) is 3.96. The molecule has 0 bridgehead atoms. The van der Waals surface area contributed by atoms with E-state index >= 15 is 0 Å². The van der Waals surface area contributed by atoms with Crippen LogP contribution in [0.5, 0.6) is 11.5 Å². The van der Waals surface area contributed by atoms with Crippen LogP contribution < -0.4 is 19.7 Å². The molecule has 80 valence electrons. The van der Waals surface area contributed by atoms with Crippen molar-refractivity contribution in [3.8, 4) is 11.5 Å². The average molecular weight is 212 g/mol. The molecule has 1 aliphatic heterocycles. The normalized spacial score (nSPS) is 13.6. The van der Waals surface area contributed by atoms with Crippen molar-refractivity contribution in [3.05, 3.63) is 11.5 Å². The minimum absolute atomic E-state index is 0.110. The van der Waals surface area contributed by atoms with Crippen LogP contribution in [-0.4, -0.2) is 25.2 Å². The summed E-state index contributed by atoms with van der Waals surface area (Å²) in [6.45, 7) is 0.221. The topological polar surface area (TPSA) is 112 Å². The van der Waals surface area contributed by atoms with Gasteiger partial charge in [-0.05, 0) is 0 Å². The quantitative estimate of drug-likeness (QED) is 0.545. The lowest BCUT2D eigenvalue weighted by Crippen LogP contribution is -2.24. The number of carbonyl (C=O) groups excluding carboxylic acids is 2. The summed E-state index contributed by atoms with van der Waals surface area (Å²) in [5.41, 5.74) is 0. The molecule has 0 spiro atoms. The molecule has 0 fully saturated rings. The summed E-state index contributed by atoms with van der Waals surface area (Å²) < 4.78 is 14.3. The molecule has 0 unspecified atom stereocenters. The van der Waals surface area contributed by atoms with Crippen LogP contribution in [0.2, 0.25) is 0 Å². The van der Waals surface area contributed by atoms with Gasteiger partial charge in [-0.1, -0.05) is 0 Å². The number of carboxylic acids is 2. The van der Waals surface area contributed by atoms with Crippen molar-refractivity contribution >= 4 is 11.9 Å². The van der Waals surface area contributed by atoms with Gasteiger partial charge in [0.2, 0.25) is 11.5 Å². The summed E-state index contributed by atoms with van der Waals surface area (Å²) in [7, 11) is 0. The summed E-state index contributed by atoms with van der Waals surface area (Å²) in [6.07, 6.45) is 0. The molecule has 0 aliphatic carbocycles. The average Bonchev–Trinajstić information content (AvgIpc) is 2.56. The fourth-order valence-corrected chi connectivity index (χ4v) is 1.22. The van der Waals surface area contributed by atoms with Crippen LogP contribution in [0.3, 0.4) is 0 Å². The zero-order valence-corrected chi connectivity index (χ0v) is 7.27. The van der Waals surface area contributed by atoms with E-state index in [9.17, 15) is 19.8 Å². The molecule has 7 nitrogen and oxygen atoms in total. The van der Waals surface area contributed by atoms with Gasteiger partial charge >= 0.3 is 0 Å². The highest BCUT2D eigenvalue weighted by atomic mass is 16.6. The molecule has 0 radical (unpaired) electrons. The van der Waals surface area contributed by atoms with Crippen LogP contribution in [0, 0.1) is 0 Å². The van der Waals surface area contributed by atoms with Crippen LogP contribution in [0.4, 0.5) is 0 Å². The van der Waals surface area contributed by atoms with Gasteiger partial charge in [0.05, 0.1) is 0 Å². The first-order valence-corrected chi connectivity index (χ1v) is 3.96. The Morgan fingerprint density at radius 2 is 1.33 bits per heavy atom. The van der Waals surface area contributed by atoms with Crippen molar-refractivity contribution < 1.29 is 33.7 Å². The second-order valence-corrected chi connectivity index (χ2v) is 2.69. The molecule has 0 saturated heterocycles. The Hall–Kier alpha value is -2.18. The highest BCUT2D eigenvalue weighted by Crippen LogP contribution is 2.39. The highest BCUT2D eigenvalue weighted by Gasteiger charge is 2.27. The number of hydrogen-bond acceptors (Lipinski definition) is 7. The molecule has 0 amide bonds. The van der Waals surface area contributed by atoms with E-state index in [1.54, 1.807) is 0 Å². The SMILES string of the molecule is O=C([O-])c1oc(C(=O)[O-])c2c1OCCO2. The van der Waals surface area contributed by atoms with E-state index in [0.29, 0.717) is 0 Å². The van der Waals surface area contributed by atoms with Gasteiger partial charge in [0.25, 0.3) is 0 Å². The van der Waals surface area contributed by atoms with Gasteiger partial charge in [0.1, 0.15) is 25.2 Å². The number of aromatic carboxylic acids is 2. The van der Waals surface area contributed by atoms with Crippen molar-refractivity contribution in [3.63, 3.8) is 0 Å². The summed E-state index contributed by atoms with van der Waals surface area (Å²) in [4.78, 5) is 21.1. The largest absolute Gasteiger partial charge is 0.541 e. The van der Waals surface area contributed by atoms with Crippen LogP contribution in [0.25, 0.3) is 0 Å². The maximum atomic E-state index is 10.6. The van der Waals surface area contributed by atoms with E-state index in [1.807, 2.05) is 0 Å². The minimum atomic E-state index is -1.68. The van der Waals surface area contributed by atoms with Gasteiger partial charge < -0.3 is 33.7 Å². The van der Waals surface area contributed by atoms with Crippen molar-refractivity contribution in [2.45, 2.75) is 0 Å². The fourth-order valence-electron chi connectivity index (χ4n) is 1.22. The lowest BCUT2D eigenvalue weighted by Gasteiger charge is -2.15. The molecule has 0 saturated carbocycles. The third-order valence-electron chi connectivity index (χ3n) is 1.77. The maximum Gasteiger partial charge on any atom is 0.210 e. The lowest BCUT2D eigenvalue weighted by atomic mass is 10.3. The maximum absolute atomic E-state index is 10.6. The summed E-state index contributed by atoms with van der Waals surface area (Å²) >= 11 is 0. The number of ether oxygens (including phenoxy) is 2. The van der Waals surface area contributed by atoms with Crippen LogP contribution in [0.15, 0.2) is 4.42 Å². The van der Waals surface area contributed by atoms with Crippen molar-refractivity contribution in [2.24, 2.45) is 0 Å². The van der Waals surface area contributed by atoms with Gasteiger partial charge in [0, 0.05) is 0 Å². The van der Waals surface area contributed by atoms with E-state index in [0.717, 1.165) is 0 Å². The van der Waals surface area contributed by atoms with Crippen molar-refractivity contribution in [1.82, 2.24) is 0 Å². The van der Waals surface area contributed by atoms with Gasteiger partial charge in [-0.2, -0.15) is 0 Å². The number of furan rings is 1. The lowest BCUT2D eigenvalue weighted by molar-refractivity contribution is -0.258. The Labute approximate surface area is 82.8 Å². The predicted molar refractivity (Wildman–Crippen MR) is 38.4 cm³/mol. The second-order valence-electron chi connectivity index (χ2n) is 2.69. The summed E-state index contributed by atoms with van der Waals surface area (Å²) in [6, 6.07) is 0. The third-order valence-corrected chi connectivity index (χ3v) is 1.77. The molecular weight excluding hydrogens is 208 g/mol. The van der Waals surface area contributed by atoms with E-state index in [-0.39, 0.29) is 24.7 Å². The molecular formula is C8H4O7-2.